The van der Waals surface area contributed by atoms with Crippen LogP contribution in [0, 0.1) is 17.6 Å². The number of para-hydroxylation sites is 1. The van der Waals surface area contributed by atoms with Crippen LogP contribution in [0.2, 0.25) is 0 Å². The van der Waals surface area contributed by atoms with E-state index in [1.807, 2.05) is 35.8 Å². The molecule has 8 nitrogen and oxygen atoms in total. The molecule has 2 amide bonds. The van der Waals surface area contributed by atoms with Crippen LogP contribution in [0.1, 0.15) is 24.1 Å². The number of anilines is 2. The summed E-state index contributed by atoms with van der Waals surface area (Å²) >= 11 is 6.61. The van der Waals surface area contributed by atoms with E-state index in [0.717, 1.165) is 21.8 Å². The Morgan fingerprint density at radius 3 is 3.06 bits per heavy atom. The largest absolute Gasteiger partial charge is 0.326 e. The number of carbonyl (C=O) groups excluding carboxylic acids is 2. The van der Waals surface area contributed by atoms with Crippen LogP contribution >= 0.6 is 23.6 Å². The molecular weight excluding hydrogens is 432 g/mol. The predicted molar refractivity (Wildman–Crippen MR) is 124 cm³/mol. The second kappa shape index (κ2) is 8.94. The zero-order valence-corrected chi connectivity index (χ0v) is 18.6. The molecule has 3 N–H and O–H groups in total. The van der Waals surface area contributed by atoms with Gasteiger partial charge in [-0.15, -0.1) is 6.58 Å². The summed E-state index contributed by atoms with van der Waals surface area (Å²) in [6, 6.07) is 7.75. The minimum Gasteiger partial charge on any atom is -0.326 e. The molecule has 4 rings (SSSR count). The number of fused-ring (bicyclic) bond motifs is 1. The molecule has 3 aromatic rings. The SMILES string of the molecule is C=CCn1c(-c2sc(NC(=O)CCC3Cc4ccccc4NC3=O)nc2C)n[nH]c1=S. The summed E-state index contributed by atoms with van der Waals surface area (Å²) in [5.74, 6) is 0.236. The number of benzene rings is 1. The van der Waals surface area contributed by atoms with Crippen molar-refractivity contribution in [1.82, 2.24) is 19.7 Å². The molecule has 0 aliphatic carbocycles. The van der Waals surface area contributed by atoms with Crippen molar-refractivity contribution in [3.8, 4) is 10.7 Å². The van der Waals surface area contributed by atoms with Crippen molar-refractivity contribution in [3.05, 3.63) is 52.9 Å². The van der Waals surface area contributed by atoms with Gasteiger partial charge in [0.2, 0.25) is 11.8 Å². The van der Waals surface area contributed by atoms with Crippen molar-refractivity contribution in [2.75, 3.05) is 10.6 Å². The van der Waals surface area contributed by atoms with Gasteiger partial charge in [-0.1, -0.05) is 35.6 Å². The van der Waals surface area contributed by atoms with Gasteiger partial charge in [-0.2, -0.15) is 5.10 Å². The van der Waals surface area contributed by atoms with Crippen LogP contribution in [-0.4, -0.2) is 31.6 Å². The summed E-state index contributed by atoms with van der Waals surface area (Å²) in [7, 11) is 0. The second-order valence-corrected chi connectivity index (χ2v) is 8.71. The quantitative estimate of drug-likeness (QED) is 0.368. The summed E-state index contributed by atoms with van der Waals surface area (Å²) < 4.78 is 2.33. The lowest BCUT2D eigenvalue weighted by atomic mass is 9.89. The van der Waals surface area contributed by atoms with Crippen molar-refractivity contribution >= 4 is 46.2 Å². The predicted octanol–water partition coefficient (Wildman–Crippen LogP) is 4.09. The third-order valence-corrected chi connectivity index (χ3v) is 6.53. The highest BCUT2D eigenvalue weighted by Gasteiger charge is 2.26. The number of thiazole rings is 1. The number of nitrogens with zero attached hydrogens (tertiary/aromatic N) is 3. The molecule has 2 aromatic heterocycles. The maximum absolute atomic E-state index is 12.5. The van der Waals surface area contributed by atoms with E-state index in [1.165, 1.54) is 11.3 Å². The summed E-state index contributed by atoms with van der Waals surface area (Å²) in [5.41, 5.74) is 2.71. The standard InChI is InChI=1S/C21H22N6O2S2/c1-3-10-27-18(25-26-21(27)30)17-12(2)22-20(31-17)24-16(28)9-8-14-11-13-6-4-5-7-15(13)23-19(14)29/h3-7,14H,1,8-11H2,2H3,(H,23,29)(H,26,30)(H,22,24,28). The van der Waals surface area contributed by atoms with Gasteiger partial charge in [-0.05, 0) is 43.6 Å². The van der Waals surface area contributed by atoms with Gasteiger partial charge in [0.1, 0.15) is 0 Å². The van der Waals surface area contributed by atoms with Gasteiger partial charge in [0.05, 0.1) is 10.6 Å². The van der Waals surface area contributed by atoms with Gasteiger partial charge in [0, 0.05) is 24.6 Å². The minimum absolute atomic E-state index is 0.0381. The molecular formula is C21H22N6O2S2. The van der Waals surface area contributed by atoms with Gasteiger partial charge in [-0.3, -0.25) is 19.3 Å². The lowest BCUT2D eigenvalue weighted by Crippen LogP contribution is -2.30. The monoisotopic (exact) mass is 454 g/mol. The maximum Gasteiger partial charge on any atom is 0.227 e. The molecule has 0 saturated heterocycles. The van der Waals surface area contributed by atoms with Gasteiger partial charge in [0.25, 0.3) is 0 Å². The Labute approximate surface area is 188 Å². The molecule has 1 atom stereocenters. The molecule has 31 heavy (non-hydrogen) atoms. The van der Waals surface area contributed by atoms with Gasteiger partial charge in [-0.25, -0.2) is 4.98 Å². The fourth-order valence-electron chi connectivity index (χ4n) is 3.58. The molecule has 0 radical (unpaired) electrons. The van der Waals surface area contributed by atoms with E-state index in [1.54, 1.807) is 6.08 Å². The average Bonchev–Trinajstić information content (AvgIpc) is 3.28. The normalized spacial score (nSPS) is 15.3. The molecule has 0 saturated carbocycles. The van der Waals surface area contributed by atoms with Gasteiger partial charge >= 0.3 is 0 Å². The highest BCUT2D eigenvalue weighted by atomic mass is 32.1. The summed E-state index contributed by atoms with van der Waals surface area (Å²) in [5, 5.41) is 13.3. The number of amides is 2. The van der Waals surface area contributed by atoms with Crippen molar-refractivity contribution in [2.45, 2.75) is 32.7 Å². The number of allylic oxidation sites excluding steroid dienone is 1. The highest BCUT2D eigenvalue weighted by molar-refractivity contribution is 7.71. The summed E-state index contributed by atoms with van der Waals surface area (Å²) in [6.45, 7) is 6.14. The molecule has 1 aliphatic rings. The topological polar surface area (TPSA) is 105 Å². The fourth-order valence-corrected chi connectivity index (χ4v) is 4.77. The zero-order chi connectivity index (χ0) is 22.0. The van der Waals surface area contributed by atoms with E-state index < -0.39 is 0 Å². The number of aromatic nitrogens is 4. The third-order valence-electron chi connectivity index (χ3n) is 5.15. The van der Waals surface area contributed by atoms with Crippen LogP contribution in [0.15, 0.2) is 36.9 Å². The maximum atomic E-state index is 12.5. The summed E-state index contributed by atoms with van der Waals surface area (Å²) in [4.78, 5) is 30.1. The van der Waals surface area contributed by atoms with E-state index in [-0.39, 0.29) is 24.2 Å². The Balaban J connectivity index is 1.40. The first kappa shape index (κ1) is 21.1. The number of aryl methyl sites for hydroxylation is 1. The fraction of sp³-hybridized carbons (Fsp3) is 0.286. The lowest BCUT2D eigenvalue weighted by molar-refractivity contribution is -0.121. The average molecular weight is 455 g/mol. The number of nitrogens with one attached hydrogen (secondary N) is 3. The van der Waals surface area contributed by atoms with Crippen molar-refractivity contribution < 1.29 is 9.59 Å². The molecule has 160 valence electrons. The molecule has 1 aromatic carbocycles. The van der Waals surface area contributed by atoms with Crippen molar-refractivity contribution in [1.29, 1.82) is 0 Å². The number of carbonyl (C=O) groups is 2. The van der Waals surface area contributed by atoms with E-state index in [9.17, 15) is 9.59 Å². The van der Waals surface area contributed by atoms with Crippen molar-refractivity contribution in [3.63, 3.8) is 0 Å². The van der Waals surface area contributed by atoms with Crippen LogP contribution in [0.25, 0.3) is 10.7 Å². The molecule has 0 bridgehead atoms. The molecule has 3 heterocycles. The van der Waals surface area contributed by atoms with E-state index in [2.05, 4.69) is 32.4 Å². The number of hydrogen-bond donors (Lipinski definition) is 3. The van der Waals surface area contributed by atoms with Gasteiger partial charge < -0.3 is 10.6 Å². The van der Waals surface area contributed by atoms with Crippen LogP contribution < -0.4 is 10.6 Å². The van der Waals surface area contributed by atoms with Crippen LogP contribution in [-0.2, 0) is 22.6 Å². The van der Waals surface area contributed by atoms with E-state index in [0.29, 0.717) is 35.1 Å². The number of hydrogen-bond acceptors (Lipinski definition) is 6. The number of rotatable bonds is 7. The molecule has 0 fully saturated rings. The first-order valence-electron chi connectivity index (χ1n) is 9.88. The third kappa shape index (κ3) is 4.49. The Kier molecular flexibility index (Phi) is 6.10. The van der Waals surface area contributed by atoms with Gasteiger partial charge in [0.15, 0.2) is 15.7 Å². The smallest absolute Gasteiger partial charge is 0.227 e. The highest BCUT2D eigenvalue weighted by Crippen LogP contribution is 2.32. The Morgan fingerprint density at radius 2 is 2.26 bits per heavy atom. The van der Waals surface area contributed by atoms with Crippen LogP contribution in [0.4, 0.5) is 10.8 Å². The Bertz CT molecular complexity index is 1210. The first-order chi connectivity index (χ1) is 15.0. The summed E-state index contributed by atoms with van der Waals surface area (Å²) in [6.07, 6.45) is 3.10. The van der Waals surface area contributed by atoms with E-state index >= 15 is 0 Å². The Morgan fingerprint density at radius 1 is 1.45 bits per heavy atom. The van der Waals surface area contributed by atoms with Crippen LogP contribution in [0.5, 0.6) is 0 Å². The molecule has 1 unspecified atom stereocenters. The lowest BCUT2D eigenvalue weighted by Gasteiger charge is -2.24. The van der Waals surface area contributed by atoms with E-state index in [4.69, 9.17) is 12.2 Å². The molecule has 10 heteroatoms. The minimum atomic E-state index is -0.221. The molecule has 0 spiro atoms. The van der Waals surface area contributed by atoms with Crippen molar-refractivity contribution in [2.24, 2.45) is 5.92 Å². The zero-order valence-electron chi connectivity index (χ0n) is 17.0. The number of H-pyrrole nitrogens is 1. The molecule has 1 aliphatic heterocycles. The number of aromatic amines is 1. The Hall–Kier alpha value is -3.11. The second-order valence-electron chi connectivity index (χ2n) is 7.32. The first-order valence-corrected chi connectivity index (χ1v) is 11.1. The van der Waals surface area contributed by atoms with Crippen LogP contribution in [0.3, 0.4) is 0 Å².